The third kappa shape index (κ3) is 36.8. The molecule has 8 N–H and O–H groups in total. The summed E-state index contributed by atoms with van der Waals surface area (Å²) < 4.78 is 16.9. The number of benzene rings is 2. The number of likely N-dealkylation sites (N-methyl/N-ethyl adjacent to an activating group) is 1. The summed E-state index contributed by atoms with van der Waals surface area (Å²) in [5.41, 5.74) is 7.05. The maximum Gasteiger partial charge on any atom is 0.426 e. The van der Waals surface area contributed by atoms with Crippen molar-refractivity contribution in [2.24, 2.45) is 29.6 Å². The third-order valence-corrected chi connectivity index (χ3v) is 22.9. The van der Waals surface area contributed by atoms with Crippen LogP contribution in [0.1, 0.15) is 242 Å². The maximum absolute atomic E-state index is 15.0. The lowest BCUT2D eigenvalue weighted by molar-refractivity contribution is -0.160. The van der Waals surface area contributed by atoms with Gasteiger partial charge in [0.15, 0.2) is 18.6 Å². The summed E-state index contributed by atoms with van der Waals surface area (Å²) in [6, 6.07) is 10.1. The minimum Gasteiger partial charge on any atom is -0.508 e. The molecular formula is C80H118N8O20S3. The number of Topliss-reactive ketones (excluding diaryl/α,β-unsaturated/α-hetero) is 4. The van der Waals surface area contributed by atoms with Crippen LogP contribution >= 0.6 is 32.9 Å². The Morgan fingerprint density at radius 1 is 0.685 bits per heavy atom. The second-order valence-corrected chi connectivity index (χ2v) is 32.9. The molecule has 1 unspecified atom stereocenters. The number of aryl methyl sites for hydroxylation is 1. The summed E-state index contributed by atoms with van der Waals surface area (Å²) >= 11 is 1.06. The molecule has 2 aromatic carbocycles. The number of aliphatic carboxylic acids is 2. The average molecular weight is 1610 g/mol. The molecule has 3 aromatic rings. The summed E-state index contributed by atoms with van der Waals surface area (Å²) in [7, 11) is 4.76. The molecule has 1 aromatic heterocycles. The standard InChI is InChI=1S/C80H118N8O20S3/c1-11-21-71(97)107-49-88(78(102)72(51(5)12-2)84-76(101)66-24-18-19-38-87(66)10)67(50(3)4)47-69(108-55(9)89)77-83-65(48-109-77)75(100)82-60(44-57-31-35-62(91)36-32-57)42-52(6)74(99)85-86-80(105)106-39-41-111-110-40-20-25-68(94)54(8)81-73(98)53(7)43-64(93)45-58-28-26-56(27-29-58)30-34-61(90)22-16-14-13-15-17-23-63(92)46-59(79(103)104)33-37-70(95)96/h26-29,31-32,35-36,48,50-54,59-60,66-67,69,72,91H,11-25,30,33-34,37-47,49H2,1-10H3,(H,81,98)(H,82,100)(H,84,101)(H,85,99)(H,86,105)(H,95,96)(H,103,104)/t51?,52-,53+,54-,59+,60+,66+,67+,69+,72-/m0/s1. The molecular weight excluding hydrogens is 1490 g/mol. The van der Waals surface area contributed by atoms with E-state index in [4.69, 9.17) is 19.3 Å². The van der Waals surface area contributed by atoms with Gasteiger partial charge >= 0.3 is 30.0 Å². The average Bonchev–Trinajstić information content (AvgIpc) is 1.74. The van der Waals surface area contributed by atoms with Crippen molar-refractivity contribution in [3.8, 4) is 5.75 Å². The highest BCUT2D eigenvalue weighted by Crippen LogP contribution is 2.33. The number of hydrogen-bond donors (Lipinski definition) is 8. The number of phenolic OH excluding ortho intramolecular Hbond substituents is 1. The molecule has 31 heteroatoms. The number of piperidine rings is 1. The topological polar surface area (TPSA) is 407 Å². The molecule has 28 nitrogen and oxygen atoms in total. The van der Waals surface area contributed by atoms with E-state index in [9.17, 15) is 77.3 Å². The molecule has 0 radical (unpaired) electrons. The van der Waals surface area contributed by atoms with Crippen molar-refractivity contribution in [1.29, 1.82) is 0 Å². The van der Waals surface area contributed by atoms with E-state index in [0.29, 0.717) is 62.9 Å². The van der Waals surface area contributed by atoms with Crippen LogP contribution in [0.4, 0.5) is 4.79 Å². The van der Waals surface area contributed by atoms with Gasteiger partial charge in [0.05, 0.1) is 18.0 Å². The van der Waals surface area contributed by atoms with Gasteiger partial charge < -0.3 is 50.4 Å². The molecule has 0 saturated carbocycles. The van der Waals surface area contributed by atoms with Gasteiger partial charge in [0, 0.05) is 112 Å². The Kier molecular flexibility index (Phi) is 44.0. The Balaban J connectivity index is 1.18. The van der Waals surface area contributed by atoms with Crippen molar-refractivity contribution in [2.75, 3.05) is 38.4 Å². The van der Waals surface area contributed by atoms with E-state index in [1.807, 2.05) is 70.8 Å². The van der Waals surface area contributed by atoms with Crippen LogP contribution < -0.4 is 26.8 Å². The monoisotopic (exact) mass is 1610 g/mol. The molecule has 2 heterocycles. The summed E-state index contributed by atoms with van der Waals surface area (Å²) in [5, 5.41) is 38.6. The zero-order chi connectivity index (χ0) is 82.1. The predicted molar refractivity (Wildman–Crippen MR) is 423 cm³/mol. The van der Waals surface area contributed by atoms with Crippen molar-refractivity contribution in [2.45, 2.75) is 259 Å². The Labute approximate surface area is 664 Å². The van der Waals surface area contributed by atoms with Crippen LogP contribution in [-0.4, -0.2) is 181 Å². The van der Waals surface area contributed by atoms with Crippen molar-refractivity contribution in [1.82, 2.24) is 41.6 Å². The van der Waals surface area contributed by atoms with Gasteiger partial charge in [0.1, 0.15) is 46.4 Å². The van der Waals surface area contributed by atoms with Gasteiger partial charge in [-0.2, -0.15) is 0 Å². The van der Waals surface area contributed by atoms with Gasteiger partial charge in [-0.15, -0.1) is 11.3 Å². The van der Waals surface area contributed by atoms with Crippen LogP contribution in [0, 0.1) is 29.6 Å². The van der Waals surface area contributed by atoms with E-state index >= 15 is 0 Å². The fraction of sp³-hybridized carbons (Fsp3) is 0.637. The van der Waals surface area contributed by atoms with E-state index < -0.39 is 114 Å². The molecule has 0 spiro atoms. The first-order valence-electron chi connectivity index (χ1n) is 38.8. The number of aromatic nitrogens is 1. The number of aromatic hydroxyl groups is 1. The number of esters is 2. The second-order valence-electron chi connectivity index (χ2n) is 29.3. The largest absolute Gasteiger partial charge is 0.508 e. The van der Waals surface area contributed by atoms with Gasteiger partial charge in [-0.05, 0) is 125 Å². The smallest absolute Gasteiger partial charge is 0.426 e. The number of carbonyl (C=O) groups is 14. The number of likely N-dealkylation sites (tertiary alicyclic amines) is 1. The highest BCUT2D eigenvalue weighted by Gasteiger charge is 2.40. The highest BCUT2D eigenvalue weighted by atomic mass is 33.1. The molecule has 4 rings (SSSR count). The van der Waals surface area contributed by atoms with Gasteiger partial charge in [-0.3, -0.25) is 72.7 Å². The molecule has 10 atom stereocenters. The van der Waals surface area contributed by atoms with Crippen molar-refractivity contribution in [3.63, 3.8) is 0 Å². The fourth-order valence-electron chi connectivity index (χ4n) is 12.7. The quantitative estimate of drug-likeness (QED) is 0.00650. The summed E-state index contributed by atoms with van der Waals surface area (Å²) in [6.45, 7) is 15.7. The van der Waals surface area contributed by atoms with Gasteiger partial charge in [0.25, 0.3) is 5.91 Å². The zero-order valence-corrected chi connectivity index (χ0v) is 68.6. The predicted octanol–water partition coefficient (Wildman–Crippen LogP) is 11.0. The first-order chi connectivity index (χ1) is 52.8. The number of carbonyl (C=O) groups excluding carboxylic acids is 12. The van der Waals surface area contributed by atoms with E-state index in [2.05, 4.69) is 31.8 Å². The number of nitrogens with zero attached hydrogens (tertiary/aromatic N) is 3. The number of amides is 6. The first kappa shape index (κ1) is 95.1. The van der Waals surface area contributed by atoms with Crippen LogP contribution in [0.3, 0.4) is 0 Å². The zero-order valence-electron chi connectivity index (χ0n) is 66.1. The summed E-state index contributed by atoms with van der Waals surface area (Å²) in [6.07, 6.45) is 7.50. The Morgan fingerprint density at radius 3 is 1.98 bits per heavy atom. The lowest BCUT2D eigenvalue weighted by atomic mass is 9.92. The lowest BCUT2D eigenvalue weighted by Gasteiger charge is -2.39. The molecule has 1 aliphatic rings. The molecule has 111 heavy (non-hydrogen) atoms. The van der Waals surface area contributed by atoms with E-state index in [-0.39, 0.29) is 135 Å². The molecule has 1 aliphatic heterocycles. The lowest BCUT2D eigenvalue weighted by Crippen LogP contribution is -2.59. The fourth-order valence-corrected chi connectivity index (χ4v) is 15.5. The van der Waals surface area contributed by atoms with Crippen molar-refractivity contribution in [3.05, 3.63) is 81.3 Å². The number of hydrogen-bond acceptors (Lipinski definition) is 23. The Bertz CT molecular complexity index is 3520. The third-order valence-electron chi connectivity index (χ3n) is 19.6. The maximum atomic E-state index is 15.0. The molecule has 6 amide bonds. The number of ether oxygens (including phenoxy) is 3. The van der Waals surface area contributed by atoms with Gasteiger partial charge in [0.2, 0.25) is 23.6 Å². The number of carboxylic acid groups (broad SMARTS) is 2. The van der Waals surface area contributed by atoms with Crippen LogP contribution in [0.25, 0.3) is 0 Å². The number of carboxylic acids is 2. The number of nitrogens with one attached hydrogen (secondary N) is 5. The van der Waals surface area contributed by atoms with E-state index in [1.165, 1.54) is 50.9 Å². The van der Waals surface area contributed by atoms with Crippen LogP contribution in [0.2, 0.25) is 0 Å². The van der Waals surface area contributed by atoms with Gasteiger partial charge in [-0.25, -0.2) is 15.2 Å². The molecule has 0 aliphatic carbocycles. The number of thiazole rings is 1. The first-order valence-corrected chi connectivity index (χ1v) is 42.2. The Morgan fingerprint density at radius 2 is 1.34 bits per heavy atom. The van der Waals surface area contributed by atoms with E-state index in [1.54, 1.807) is 32.9 Å². The number of phenols is 1. The minimum absolute atomic E-state index is 0.00974. The SMILES string of the molecule is CCCC(=O)OCN(C(=O)[C@@H](NC(=O)[C@H]1CCCCN1C)C(C)CC)[C@H](C[C@@H](OC(C)=O)c1nc(C(=O)N[C@@H](Cc2ccc(O)cc2)C[C@H](C)C(=O)NNC(=O)OCCSSCCCC(=O)[C@H](C)NC(=O)[C@H](C)CC(=O)Cc2ccc(CCC(=O)CCCCCCCC(=O)C[C@@H](CCC(=O)O)C(=O)O)cc2)cs1)C(C)C. The molecule has 0 bridgehead atoms. The Hall–Kier alpha value is -8.29. The van der Waals surface area contributed by atoms with E-state index in [0.717, 1.165) is 73.1 Å². The number of hydrazine groups is 1. The second kappa shape index (κ2) is 51.4. The summed E-state index contributed by atoms with van der Waals surface area (Å²) in [5.74, 6) is -8.28. The van der Waals surface area contributed by atoms with Crippen LogP contribution in [-0.2, 0) is 91.0 Å². The summed E-state index contributed by atoms with van der Waals surface area (Å²) in [4.78, 5) is 189. The van der Waals surface area contributed by atoms with Crippen LogP contribution in [0.15, 0.2) is 53.9 Å². The molecule has 616 valence electrons. The minimum atomic E-state index is -1.17. The van der Waals surface area contributed by atoms with Crippen LogP contribution in [0.5, 0.6) is 5.75 Å². The number of ketones is 4. The van der Waals surface area contributed by atoms with Crippen molar-refractivity contribution < 1.29 is 96.7 Å². The highest BCUT2D eigenvalue weighted by molar-refractivity contribution is 8.76. The van der Waals surface area contributed by atoms with Crippen molar-refractivity contribution >= 4 is 116 Å². The molecule has 1 fully saturated rings. The number of unbranched alkanes of at least 4 members (excludes halogenated alkanes) is 4. The normalized spacial score (nSPS) is 15.3. The molecule has 1 saturated heterocycles. The number of rotatable bonds is 54. The van der Waals surface area contributed by atoms with Gasteiger partial charge in [-0.1, -0.05) is 139 Å².